The zero-order valence-corrected chi connectivity index (χ0v) is 13.9. The highest BCUT2D eigenvalue weighted by Gasteiger charge is 2.12. The van der Waals surface area contributed by atoms with Gasteiger partial charge in [-0.05, 0) is 36.4 Å². The molecule has 23 heavy (non-hydrogen) atoms. The largest absolute Gasteiger partial charge is 0.321 e. The molecule has 0 fully saturated rings. The van der Waals surface area contributed by atoms with Crippen molar-refractivity contribution in [2.24, 2.45) is 0 Å². The van der Waals surface area contributed by atoms with Gasteiger partial charge in [0.1, 0.15) is 5.69 Å². The van der Waals surface area contributed by atoms with Crippen molar-refractivity contribution in [3.05, 3.63) is 69.3 Å². The third-order valence-electron chi connectivity index (χ3n) is 3.08. The van der Waals surface area contributed by atoms with Gasteiger partial charge in [-0.2, -0.15) is 5.10 Å². The lowest BCUT2D eigenvalue weighted by Gasteiger charge is -2.04. The van der Waals surface area contributed by atoms with Gasteiger partial charge in [0.2, 0.25) is 0 Å². The van der Waals surface area contributed by atoms with E-state index >= 15 is 0 Å². The minimum Gasteiger partial charge on any atom is -0.321 e. The topological polar surface area (TPSA) is 57.8 Å². The van der Waals surface area contributed by atoms with Crippen molar-refractivity contribution in [1.82, 2.24) is 10.2 Å². The highest BCUT2D eigenvalue weighted by atomic mass is 35.5. The third-order valence-corrected chi connectivity index (χ3v) is 3.77. The Kier molecular flexibility index (Phi) is 4.57. The van der Waals surface area contributed by atoms with Crippen molar-refractivity contribution in [3.63, 3.8) is 0 Å². The summed E-state index contributed by atoms with van der Waals surface area (Å²) in [6.45, 7) is 0. The van der Waals surface area contributed by atoms with Crippen LogP contribution in [0.2, 0.25) is 15.1 Å². The molecular formula is C16H10Cl3N3O. The number of anilines is 1. The normalized spacial score (nSPS) is 10.6. The number of amides is 1. The van der Waals surface area contributed by atoms with E-state index < -0.39 is 0 Å². The number of nitrogens with one attached hydrogen (secondary N) is 2. The first-order valence-electron chi connectivity index (χ1n) is 6.60. The van der Waals surface area contributed by atoms with Crippen LogP contribution in [0.15, 0.2) is 48.5 Å². The quantitative estimate of drug-likeness (QED) is 0.661. The number of aromatic amines is 1. The molecule has 3 rings (SSSR count). The molecule has 2 aromatic carbocycles. The average Bonchev–Trinajstić information content (AvgIpc) is 2.97. The molecule has 4 nitrogen and oxygen atoms in total. The minimum atomic E-state index is -0.337. The van der Waals surface area contributed by atoms with Crippen molar-refractivity contribution in [2.45, 2.75) is 0 Å². The summed E-state index contributed by atoms with van der Waals surface area (Å²) in [6.07, 6.45) is 0. The van der Waals surface area contributed by atoms with Gasteiger partial charge in [0.25, 0.3) is 5.91 Å². The lowest BCUT2D eigenvalue weighted by Crippen LogP contribution is -2.12. The first-order chi connectivity index (χ1) is 11.0. The van der Waals surface area contributed by atoms with E-state index in [0.717, 1.165) is 5.56 Å². The van der Waals surface area contributed by atoms with E-state index in [4.69, 9.17) is 34.8 Å². The van der Waals surface area contributed by atoms with Gasteiger partial charge in [-0.15, -0.1) is 0 Å². The second-order valence-electron chi connectivity index (χ2n) is 4.79. The molecule has 7 heteroatoms. The fraction of sp³-hybridized carbons (Fsp3) is 0. The lowest BCUT2D eigenvalue weighted by atomic mass is 10.1. The molecular weight excluding hydrogens is 357 g/mol. The summed E-state index contributed by atoms with van der Waals surface area (Å²) in [4.78, 5) is 12.2. The molecule has 0 unspecified atom stereocenters. The second-order valence-corrected chi connectivity index (χ2v) is 6.10. The Bertz CT molecular complexity index is 839. The molecule has 1 heterocycles. The summed E-state index contributed by atoms with van der Waals surface area (Å²) in [7, 11) is 0. The van der Waals surface area contributed by atoms with E-state index in [1.54, 1.807) is 36.4 Å². The van der Waals surface area contributed by atoms with Crippen LogP contribution in [0.3, 0.4) is 0 Å². The average molecular weight is 367 g/mol. The Balaban J connectivity index is 1.79. The zero-order valence-electron chi connectivity index (χ0n) is 11.6. The summed E-state index contributed by atoms with van der Waals surface area (Å²) in [5.74, 6) is -0.337. The minimum absolute atomic E-state index is 0.325. The highest BCUT2D eigenvalue weighted by Crippen LogP contribution is 2.24. The number of hydrogen-bond donors (Lipinski definition) is 2. The first-order valence-corrected chi connectivity index (χ1v) is 7.73. The van der Waals surface area contributed by atoms with E-state index in [0.29, 0.717) is 32.1 Å². The number of carbonyl (C=O) groups excluding carboxylic acids is 1. The van der Waals surface area contributed by atoms with Crippen LogP contribution in [0.1, 0.15) is 10.5 Å². The van der Waals surface area contributed by atoms with E-state index in [-0.39, 0.29) is 5.91 Å². The Morgan fingerprint density at radius 1 is 0.913 bits per heavy atom. The van der Waals surface area contributed by atoms with Gasteiger partial charge in [0, 0.05) is 26.3 Å². The van der Waals surface area contributed by atoms with Crippen LogP contribution in [0.5, 0.6) is 0 Å². The predicted molar refractivity (Wildman–Crippen MR) is 93.4 cm³/mol. The molecule has 0 atom stereocenters. The lowest BCUT2D eigenvalue weighted by molar-refractivity contribution is 0.102. The van der Waals surface area contributed by atoms with Crippen LogP contribution in [0, 0.1) is 0 Å². The zero-order chi connectivity index (χ0) is 16.4. The molecule has 1 amide bonds. The molecule has 0 saturated carbocycles. The number of carbonyl (C=O) groups is 1. The summed E-state index contributed by atoms with van der Waals surface area (Å²) >= 11 is 17.7. The highest BCUT2D eigenvalue weighted by molar-refractivity contribution is 6.35. The van der Waals surface area contributed by atoms with E-state index in [2.05, 4.69) is 15.5 Å². The van der Waals surface area contributed by atoms with Gasteiger partial charge in [-0.1, -0.05) is 46.9 Å². The maximum absolute atomic E-state index is 12.2. The van der Waals surface area contributed by atoms with Crippen LogP contribution in [0.25, 0.3) is 11.3 Å². The standard InChI is InChI=1S/C16H10Cl3N3O/c17-10-3-1-9(2-4-10)14-8-15(22-21-14)16(23)20-13-6-11(18)5-12(19)7-13/h1-8H,(H,20,23)(H,21,22). The molecule has 0 aliphatic rings. The van der Waals surface area contributed by atoms with Crippen molar-refractivity contribution in [2.75, 3.05) is 5.32 Å². The number of H-pyrrole nitrogens is 1. The maximum Gasteiger partial charge on any atom is 0.273 e. The monoisotopic (exact) mass is 365 g/mol. The fourth-order valence-electron chi connectivity index (χ4n) is 2.03. The first kappa shape index (κ1) is 15.9. The molecule has 3 aromatic rings. The number of aromatic nitrogens is 2. The third kappa shape index (κ3) is 3.85. The Morgan fingerprint density at radius 2 is 1.57 bits per heavy atom. The van der Waals surface area contributed by atoms with Crippen molar-refractivity contribution in [3.8, 4) is 11.3 Å². The summed E-state index contributed by atoms with van der Waals surface area (Å²) < 4.78 is 0. The Labute approximate surface area is 147 Å². The molecule has 0 spiro atoms. The molecule has 0 radical (unpaired) electrons. The summed E-state index contributed by atoms with van der Waals surface area (Å²) in [5, 5.41) is 11.1. The molecule has 0 bridgehead atoms. The van der Waals surface area contributed by atoms with Gasteiger partial charge in [-0.3, -0.25) is 9.89 Å². The van der Waals surface area contributed by atoms with Crippen molar-refractivity contribution < 1.29 is 4.79 Å². The van der Waals surface area contributed by atoms with Crippen molar-refractivity contribution >= 4 is 46.4 Å². The predicted octanol–water partition coefficient (Wildman–Crippen LogP) is 5.29. The Morgan fingerprint density at radius 3 is 2.22 bits per heavy atom. The van der Waals surface area contributed by atoms with Crippen LogP contribution in [0.4, 0.5) is 5.69 Å². The summed E-state index contributed by atoms with van der Waals surface area (Å²) in [6, 6.07) is 13.7. The molecule has 0 aliphatic carbocycles. The number of hydrogen-bond acceptors (Lipinski definition) is 2. The number of benzene rings is 2. The van der Waals surface area contributed by atoms with E-state index in [1.165, 1.54) is 0 Å². The number of nitrogens with zero attached hydrogens (tertiary/aromatic N) is 1. The molecule has 2 N–H and O–H groups in total. The smallest absolute Gasteiger partial charge is 0.273 e. The van der Waals surface area contributed by atoms with Gasteiger partial charge in [0.05, 0.1) is 5.69 Å². The van der Waals surface area contributed by atoms with Gasteiger partial charge in [-0.25, -0.2) is 0 Å². The van der Waals surface area contributed by atoms with E-state index in [9.17, 15) is 4.79 Å². The molecule has 1 aromatic heterocycles. The van der Waals surface area contributed by atoms with Gasteiger partial charge in [0.15, 0.2) is 0 Å². The number of rotatable bonds is 3. The van der Waals surface area contributed by atoms with Gasteiger partial charge >= 0.3 is 0 Å². The number of halogens is 3. The fourth-order valence-corrected chi connectivity index (χ4v) is 2.68. The van der Waals surface area contributed by atoms with Crippen molar-refractivity contribution in [1.29, 1.82) is 0 Å². The second kappa shape index (κ2) is 6.62. The molecule has 0 aliphatic heterocycles. The van der Waals surface area contributed by atoms with Gasteiger partial charge < -0.3 is 5.32 Å². The van der Waals surface area contributed by atoms with Crippen LogP contribution < -0.4 is 5.32 Å². The SMILES string of the molecule is O=C(Nc1cc(Cl)cc(Cl)c1)c1cc(-c2ccc(Cl)cc2)n[nH]1. The summed E-state index contributed by atoms with van der Waals surface area (Å²) in [5.41, 5.74) is 2.34. The maximum atomic E-state index is 12.2. The van der Waals surface area contributed by atoms with Crippen LogP contribution >= 0.6 is 34.8 Å². The van der Waals surface area contributed by atoms with E-state index in [1.807, 2.05) is 12.1 Å². The van der Waals surface area contributed by atoms with Crippen LogP contribution in [-0.2, 0) is 0 Å². The Hall–Kier alpha value is -2.01. The molecule has 116 valence electrons. The molecule has 0 saturated heterocycles. The van der Waals surface area contributed by atoms with Crippen LogP contribution in [-0.4, -0.2) is 16.1 Å².